The van der Waals surface area contributed by atoms with Crippen molar-refractivity contribution in [3.05, 3.63) is 202 Å². The number of nitrogens with one attached hydrogen (secondary N) is 4. The topological polar surface area (TPSA) is 218 Å². The van der Waals surface area contributed by atoms with Crippen molar-refractivity contribution in [3.8, 4) is 0 Å². The molecule has 0 heterocycles. The summed E-state index contributed by atoms with van der Waals surface area (Å²) < 4.78 is 59.8. The Labute approximate surface area is 470 Å². The third kappa shape index (κ3) is 23.9. The quantitative estimate of drug-likeness (QED) is 0.0177. The number of aliphatic hydroxyl groups excluding tert-OH is 2. The highest BCUT2D eigenvalue weighted by Gasteiger charge is 2.23. The van der Waals surface area contributed by atoms with Crippen LogP contribution in [-0.4, -0.2) is 78.4 Å². The zero-order chi connectivity index (χ0) is 57.5. The van der Waals surface area contributed by atoms with E-state index in [0.717, 1.165) is 59.1 Å². The molecular weight excluding hydrogens is 1180 g/mol. The first-order valence-corrected chi connectivity index (χ1v) is 26.1. The van der Waals surface area contributed by atoms with E-state index in [2.05, 4.69) is 76.7 Å². The molecular formula is C58H68BrF4IN6O7. The third-order valence-corrected chi connectivity index (χ3v) is 13.1. The number of anilines is 1. The van der Waals surface area contributed by atoms with Crippen LogP contribution in [0, 0.1) is 61.5 Å². The van der Waals surface area contributed by atoms with E-state index in [1.165, 1.54) is 45.2 Å². The molecule has 3 amide bonds. The molecule has 0 bridgehead atoms. The second kappa shape index (κ2) is 32.5. The number of halogens is 6. The Hall–Kier alpha value is -6.23. The summed E-state index contributed by atoms with van der Waals surface area (Å²) >= 11 is 5.32. The molecule has 10 N–H and O–H groups in total. The monoisotopic (exact) mass is 1240 g/mol. The van der Waals surface area contributed by atoms with E-state index in [1.54, 1.807) is 24.3 Å². The van der Waals surface area contributed by atoms with Crippen LogP contribution in [0.15, 0.2) is 114 Å². The lowest BCUT2D eigenvalue weighted by Crippen LogP contribution is -2.48. The number of rotatable bonds is 18. The van der Waals surface area contributed by atoms with Gasteiger partial charge in [-0.2, -0.15) is 0 Å². The number of methoxy groups -OCH3 is 1. The van der Waals surface area contributed by atoms with Crippen LogP contribution in [0.1, 0.15) is 84.6 Å². The van der Waals surface area contributed by atoms with Crippen LogP contribution in [0.5, 0.6) is 0 Å². The van der Waals surface area contributed by atoms with Crippen LogP contribution in [-0.2, 0) is 40.3 Å². The highest BCUT2D eigenvalue weighted by Crippen LogP contribution is 2.20. The lowest BCUT2D eigenvalue weighted by atomic mass is 10.0. The van der Waals surface area contributed by atoms with E-state index in [0.29, 0.717) is 41.0 Å². The summed E-state index contributed by atoms with van der Waals surface area (Å²) in [5, 5.41) is 32.7. The van der Waals surface area contributed by atoms with Crippen molar-refractivity contribution >= 4 is 67.9 Å². The van der Waals surface area contributed by atoms with Gasteiger partial charge in [0.1, 0.15) is 23.3 Å². The second-order valence-electron chi connectivity index (χ2n) is 18.4. The number of aryl methyl sites for hydroxylation is 5. The maximum Gasteiger partial charge on any atom is 0.339 e. The fraction of sp³-hybridized carbons (Fsp3) is 0.310. The van der Waals surface area contributed by atoms with Crippen molar-refractivity contribution in [1.82, 2.24) is 21.3 Å². The van der Waals surface area contributed by atoms with Crippen LogP contribution >= 0.6 is 38.5 Å². The molecule has 6 rings (SSSR count). The molecule has 6 aromatic rings. The van der Waals surface area contributed by atoms with Crippen molar-refractivity contribution in [2.45, 2.75) is 98.7 Å². The number of aliphatic hydroxyl groups is 2. The van der Waals surface area contributed by atoms with Gasteiger partial charge in [0.25, 0.3) is 0 Å². The van der Waals surface area contributed by atoms with Gasteiger partial charge in [0, 0.05) is 65.9 Å². The highest BCUT2D eigenvalue weighted by molar-refractivity contribution is 14.1. The fourth-order valence-electron chi connectivity index (χ4n) is 7.67. The summed E-state index contributed by atoms with van der Waals surface area (Å²) in [6, 6.07) is 28.1. The largest absolute Gasteiger partial charge is 0.465 e. The summed E-state index contributed by atoms with van der Waals surface area (Å²) in [6.07, 6.45) is -1.57. The van der Waals surface area contributed by atoms with Crippen LogP contribution in [0.3, 0.4) is 0 Å². The van der Waals surface area contributed by atoms with Crippen LogP contribution in [0.2, 0.25) is 0 Å². The number of carbonyl (C=O) groups is 4. The highest BCUT2D eigenvalue weighted by atomic mass is 127. The molecule has 0 saturated heterocycles. The van der Waals surface area contributed by atoms with E-state index in [9.17, 15) is 47.0 Å². The minimum atomic E-state index is -0.912. The number of benzene rings is 6. The van der Waals surface area contributed by atoms with Gasteiger partial charge in [-0.05, 0) is 158 Å². The maximum absolute atomic E-state index is 13.4. The molecule has 0 aliphatic heterocycles. The number of nitrogen functional groups attached to an aromatic ring is 1. The Bertz CT molecular complexity index is 2780. The van der Waals surface area contributed by atoms with E-state index in [4.69, 9.17) is 11.5 Å². The minimum absolute atomic E-state index is 0.126. The molecule has 0 aliphatic rings. The molecule has 414 valence electrons. The number of hydrogen-bond acceptors (Lipinski definition) is 10. The predicted octanol–water partition coefficient (Wildman–Crippen LogP) is 9.08. The molecule has 13 nitrogen and oxygen atoms in total. The van der Waals surface area contributed by atoms with E-state index in [1.807, 2.05) is 71.0 Å². The number of hydrogen-bond donors (Lipinski definition) is 8. The summed E-state index contributed by atoms with van der Waals surface area (Å²) in [6.45, 7) is 14.3. The Kier molecular flexibility index (Phi) is 27.5. The summed E-state index contributed by atoms with van der Waals surface area (Å²) in [5.41, 5.74) is 20.8. The Balaban J connectivity index is 0.000000291. The molecule has 4 unspecified atom stereocenters. The Morgan fingerprint density at radius 3 is 1.38 bits per heavy atom. The van der Waals surface area contributed by atoms with E-state index < -0.39 is 53.5 Å². The van der Waals surface area contributed by atoms with Crippen molar-refractivity contribution in [1.29, 1.82) is 0 Å². The van der Waals surface area contributed by atoms with Crippen LogP contribution < -0.4 is 32.7 Å². The molecule has 4 atom stereocenters. The maximum atomic E-state index is 13.4. The van der Waals surface area contributed by atoms with Gasteiger partial charge < -0.3 is 47.7 Å². The number of esters is 1. The van der Waals surface area contributed by atoms with Gasteiger partial charge in [0.05, 0.1) is 42.5 Å². The van der Waals surface area contributed by atoms with Gasteiger partial charge in [0.15, 0.2) is 0 Å². The normalized spacial score (nSPS) is 12.2. The standard InChI is InChI=1S/2C21H26F2N2O2.C8H8BrNO2.C8H8INO/c2*1-13-4-5-14(2)17(6-13)11-24-12-21(27)20(25-15(3)26)9-16-7-18(22)10-19(23)8-16;1-12-8(11)6-4-5(9)2-3-7(6)10;1-5-2-3-7(9)6(4-5)8(10)11/h2*4-8,10,20-21,24,27H,9,11-12H2,1-3H3,(H,25,26);2-4H,10H2,1H3;2-4H,1H3,(H2,10,11). The average Bonchev–Trinajstić information content (AvgIpc) is 3.34. The molecule has 0 aromatic heterocycles. The van der Waals surface area contributed by atoms with Gasteiger partial charge in [-0.3, -0.25) is 14.4 Å². The minimum Gasteiger partial charge on any atom is -0.465 e. The zero-order valence-corrected chi connectivity index (χ0v) is 48.0. The van der Waals surface area contributed by atoms with Crippen LogP contribution in [0.25, 0.3) is 0 Å². The lowest BCUT2D eigenvalue weighted by molar-refractivity contribution is -0.121. The summed E-state index contributed by atoms with van der Waals surface area (Å²) in [5.74, 6) is -4.16. The summed E-state index contributed by atoms with van der Waals surface area (Å²) in [4.78, 5) is 44.8. The van der Waals surface area contributed by atoms with Crippen molar-refractivity contribution in [2.24, 2.45) is 5.73 Å². The zero-order valence-electron chi connectivity index (χ0n) is 44.3. The molecule has 6 aromatic carbocycles. The smallest absolute Gasteiger partial charge is 0.339 e. The SMILES string of the molecule is CC(=O)NC(Cc1cc(F)cc(F)c1)C(O)CNCc1cc(C)ccc1C.CC(=O)NC(Cc1cc(F)cc(F)c1)C(O)CNCc1cc(C)ccc1C.COC(=O)c1cc(Br)ccc1N.Cc1ccc(I)c(C(N)=O)c1. The molecule has 0 saturated carbocycles. The number of nitrogens with two attached hydrogens (primary N) is 2. The van der Waals surface area contributed by atoms with Gasteiger partial charge in [-0.15, -0.1) is 0 Å². The second-order valence-corrected chi connectivity index (χ2v) is 20.5. The van der Waals surface area contributed by atoms with Gasteiger partial charge >= 0.3 is 5.97 Å². The molecule has 0 fully saturated rings. The predicted molar refractivity (Wildman–Crippen MR) is 305 cm³/mol. The van der Waals surface area contributed by atoms with Gasteiger partial charge in [-0.1, -0.05) is 75.1 Å². The van der Waals surface area contributed by atoms with Gasteiger partial charge in [0.2, 0.25) is 17.7 Å². The number of carbonyl (C=O) groups excluding carboxylic acids is 4. The van der Waals surface area contributed by atoms with E-state index >= 15 is 0 Å². The van der Waals surface area contributed by atoms with Crippen molar-refractivity contribution in [2.75, 3.05) is 25.9 Å². The van der Waals surface area contributed by atoms with Crippen molar-refractivity contribution < 1.29 is 51.7 Å². The van der Waals surface area contributed by atoms with E-state index in [-0.39, 0.29) is 43.7 Å². The number of amides is 3. The van der Waals surface area contributed by atoms with Crippen molar-refractivity contribution in [3.63, 3.8) is 0 Å². The molecule has 19 heteroatoms. The lowest BCUT2D eigenvalue weighted by Gasteiger charge is -2.24. The molecule has 77 heavy (non-hydrogen) atoms. The number of ether oxygens (including phenoxy) is 1. The third-order valence-electron chi connectivity index (χ3n) is 11.6. The average molecular weight is 1240 g/mol. The Morgan fingerprint density at radius 1 is 0.597 bits per heavy atom. The fourth-order valence-corrected chi connectivity index (χ4v) is 8.64. The molecule has 0 aliphatic carbocycles. The van der Waals surface area contributed by atoms with Gasteiger partial charge in [-0.25, -0.2) is 22.4 Å². The first-order chi connectivity index (χ1) is 36.2. The number of primary amides is 1. The molecule has 0 radical (unpaired) electrons. The first-order valence-electron chi connectivity index (χ1n) is 24.3. The Morgan fingerprint density at radius 2 is 1.00 bits per heavy atom. The summed E-state index contributed by atoms with van der Waals surface area (Å²) in [7, 11) is 1.32. The molecule has 0 spiro atoms. The van der Waals surface area contributed by atoms with Crippen LogP contribution in [0.4, 0.5) is 23.2 Å². The first kappa shape index (κ1) is 65.1.